The molecule has 0 aliphatic rings. The van der Waals surface area contributed by atoms with Crippen molar-refractivity contribution in [1.82, 2.24) is 0 Å². The Kier molecular flexibility index (Phi) is 6.31. The molecule has 0 aromatic heterocycles. The first kappa shape index (κ1) is 21.0. The van der Waals surface area contributed by atoms with Gasteiger partial charge in [0.15, 0.2) is 0 Å². The second-order valence-corrected chi connectivity index (χ2v) is 9.44. The number of allylic oxidation sites excluding steroid dienone is 2. The monoisotopic (exact) mass is 418 g/mol. The van der Waals surface area contributed by atoms with Crippen molar-refractivity contribution >= 4 is 8.58 Å². The molecule has 0 N–H and O–H groups in total. The van der Waals surface area contributed by atoms with Gasteiger partial charge in [0, 0.05) is 0 Å². The van der Waals surface area contributed by atoms with Gasteiger partial charge in [0.1, 0.15) is 0 Å². The molecule has 0 spiro atoms. The van der Waals surface area contributed by atoms with Crippen molar-refractivity contribution in [2.45, 2.75) is 10.3 Å². The van der Waals surface area contributed by atoms with Crippen molar-refractivity contribution < 1.29 is 0 Å². The van der Waals surface area contributed by atoms with Crippen LogP contribution in [0.5, 0.6) is 0 Å². The number of rotatable bonds is 8. The minimum Gasteiger partial charge on any atom is -0.102 e. The Morgan fingerprint density at radius 3 is 0.839 bits per heavy atom. The van der Waals surface area contributed by atoms with E-state index in [9.17, 15) is 0 Å². The molecule has 0 saturated heterocycles. The van der Waals surface area contributed by atoms with Crippen LogP contribution in [0.1, 0.15) is 22.3 Å². The van der Waals surface area contributed by atoms with Gasteiger partial charge in [0.05, 0.1) is 10.3 Å². The Labute approximate surface area is 187 Å². The van der Waals surface area contributed by atoms with Crippen LogP contribution in [-0.2, 0) is 10.3 Å². The van der Waals surface area contributed by atoms with Crippen molar-refractivity contribution in [2.24, 2.45) is 0 Å². The molecule has 31 heavy (non-hydrogen) atoms. The smallest absolute Gasteiger partial charge is 0.0563 e. The van der Waals surface area contributed by atoms with E-state index in [1.54, 1.807) is 0 Å². The first-order valence-electron chi connectivity index (χ1n) is 10.5. The standard InChI is InChI=1S/C30H27P/c1-3-29(25-17-9-5-10-18-25,26-19-11-6-12-20-26)31-30(4-2,27-21-13-7-14-22-27)28-23-15-8-16-24-28/h3-24,31H,1-2H2. The van der Waals surface area contributed by atoms with E-state index in [4.69, 9.17) is 0 Å². The van der Waals surface area contributed by atoms with Crippen molar-refractivity contribution in [1.29, 1.82) is 0 Å². The highest BCUT2D eigenvalue weighted by Gasteiger charge is 2.42. The third kappa shape index (κ3) is 3.92. The molecule has 0 atom stereocenters. The predicted molar refractivity (Wildman–Crippen MR) is 136 cm³/mol. The second-order valence-electron chi connectivity index (χ2n) is 7.61. The topological polar surface area (TPSA) is 0 Å². The molecule has 4 aromatic rings. The lowest BCUT2D eigenvalue weighted by Gasteiger charge is -2.42. The third-order valence-corrected chi connectivity index (χ3v) is 8.27. The van der Waals surface area contributed by atoms with Crippen LogP contribution in [0.3, 0.4) is 0 Å². The summed E-state index contributed by atoms with van der Waals surface area (Å²) in [4.78, 5) is 0. The van der Waals surface area contributed by atoms with Gasteiger partial charge in [-0.25, -0.2) is 0 Å². The molecule has 0 aliphatic heterocycles. The maximum atomic E-state index is 4.36. The zero-order valence-corrected chi connectivity index (χ0v) is 18.6. The zero-order valence-electron chi connectivity index (χ0n) is 17.6. The summed E-state index contributed by atoms with van der Waals surface area (Å²) in [6, 6.07) is 42.9. The number of hydrogen-bond donors (Lipinski definition) is 0. The summed E-state index contributed by atoms with van der Waals surface area (Å²) < 4.78 is 0. The molecule has 0 nitrogen and oxygen atoms in total. The highest BCUT2D eigenvalue weighted by Crippen LogP contribution is 2.61. The molecule has 0 bridgehead atoms. The second kappa shape index (κ2) is 9.29. The van der Waals surface area contributed by atoms with Gasteiger partial charge in [0.2, 0.25) is 0 Å². The lowest BCUT2D eigenvalue weighted by atomic mass is 9.89. The zero-order chi connectivity index (χ0) is 21.6. The van der Waals surface area contributed by atoms with Crippen LogP contribution >= 0.6 is 8.58 Å². The molecular weight excluding hydrogens is 391 g/mol. The molecule has 0 fully saturated rings. The Balaban J connectivity index is 2.00. The fourth-order valence-corrected chi connectivity index (χ4v) is 6.38. The largest absolute Gasteiger partial charge is 0.102 e. The molecule has 0 unspecified atom stereocenters. The van der Waals surface area contributed by atoms with Crippen LogP contribution in [-0.4, -0.2) is 0 Å². The van der Waals surface area contributed by atoms with Gasteiger partial charge >= 0.3 is 0 Å². The summed E-state index contributed by atoms with van der Waals surface area (Å²) in [5.41, 5.74) is 4.97. The first-order valence-corrected chi connectivity index (χ1v) is 11.5. The Hall–Kier alpha value is -3.21. The average Bonchev–Trinajstić information content (AvgIpc) is 2.87. The maximum absolute atomic E-state index is 4.36. The fourth-order valence-electron chi connectivity index (χ4n) is 4.31. The van der Waals surface area contributed by atoms with E-state index >= 15 is 0 Å². The lowest BCUT2D eigenvalue weighted by Crippen LogP contribution is -2.29. The van der Waals surface area contributed by atoms with Gasteiger partial charge in [-0.05, 0) is 22.3 Å². The summed E-state index contributed by atoms with van der Waals surface area (Å²) in [6.07, 6.45) is 4.25. The minimum absolute atomic E-state index is 0.359. The highest BCUT2D eigenvalue weighted by atomic mass is 31.1. The van der Waals surface area contributed by atoms with Gasteiger partial charge < -0.3 is 0 Å². The van der Waals surface area contributed by atoms with Gasteiger partial charge in [-0.1, -0.05) is 142 Å². The Morgan fingerprint density at radius 2 is 0.645 bits per heavy atom. The van der Waals surface area contributed by atoms with Crippen molar-refractivity contribution in [3.63, 3.8) is 0 Å². The van der Waals surface area contributed by atoms with Gasteiger partial charge in [-0.15, -0.1) is 13.2 Å². The normalized spacial score (nSPS) is 11.6. The molecule has 0 radical (unpaired) electrons. The predicted octanol–water partition coefficient (Wildman–Crippen LogP) is 7.92. The van der Waals surface area contributed by atoms with Crippen LogP contribution < -0.4 is 0 Å². The summed E-state index contributed by atoms with van der Waals surface area (Å²) >= 11 is 0. The van der Waals surface area contributed by atoms with E-state index in [0.717, 1.165) is 0 Å². The van der Waals surface area contributed by atoms with E-state index in [1.165, 1.54) is 22.3 Å². The molecular formula is C30H27P. The van der Waals surface area contributed by atoms with E-state index in [2.05, 4.69) is 147 Å². The van der Waals surface area contributed by atoms with E-state index < -0.39 is 0 Å². The van der Waals surface area contributed by atoms with E-state index in [0.29, 0.717) is 8.58 Å². The van der Waals surface area contributed by atoms with Crippen LogP contribution in [0.25, 0.3) is 0 Å². The highest BCUT2D eigenvalue weighted by molar-refractivity contribution is 7.42. The van der Waals surface area contributed by atoms with E-state index in [-0.39, 0.29) is 10.3 Å². The summed E-state index contributed by atoms with van der Waals surface area (Å²) in [5, 5.41) is -0.717. The molecule has 4 rings (SSSR count). The summed E-state index contributed by atoms with van der Waals surface area (Å²) in [7, 11) is 0.429. The quantitative estimate of drug-likeness (QED) is 0.201. The maximum Gasteiger partial charge on any atom is 0.0563 e. The number of hydrogen-bond acceptors (Lipinski definition) is 0. The average molecular weight is 419 g/mol. The first-order chi connectivity index (χ1) is 15.2. The van der Waals surface area contributed by atoms with Gasteiger partial charge in [0.25, 0.3) is 0 Å². The molecule has 1 heteroatoms. The number of benzene rings is 4. The van der Waals surface area contributed by atoms with Gasteiger partial charge in [-0.3, -0.25) is 0 Å². The van der Waals surface area contributed by atoms with Gasteiger partial charge in [-0.2, -0.15) is 0 Å². The third-order valence-electron chi connectivity index (χ3n) is 5.92. The van der Waals surface area contributed by atoms with Crippen LogP contribution in [0.2, 0.25) is 0 Å². The summed E-state index contributed by atoms with van der Waals surface area (Å²) in [6.45, 7) is 8.73. The van der Waals surface area contributed by atoms with Crippen LogP contribution in [0.15, 0.2) is 147 Å². The van der Waals surface area contributed by atoms with Crippen molar-refractivity contribution in [2.75, 3.05) is 0 Å². The minimum atomic E-state index is -0.359. The fraction of sp³-hybridized carbons (Fsp3) is 0.0667. The molecule has 152 valence electrons. The van der Waals surface area contributed by atoms with Crippen molar-refractivity contribution in [3.05, 3.63) is 169 Å². The molecule has 0 aliphatic carbocycles. The molecule has 0 heterocycles. The molecule has 0 saturated carbocycles. The van der Waals surface area contributed by atoms with Crippen molar-refractivity contribution in [3.8, 4) is 0 Å². The Morgan fingerprint density at radius 1 is 0.419 bits per heavy atom. The lowest BCUT2D eigenvalue weighted by molar-refractivity contribution is 0.858. The van der Waals surface area contributed by atoms with E-state index in [1.807, 2.05) is 0 Å². The van der Waals surface area contributed by atoms with Crippen LogP contribution in [0.4, 0.5) is 0 Å². The molecule has 4 aromatic carbocycles. The SMILES string of the molecule is C=CC(PC(C=C)(c1ccccc1)c1ccccc1)(c1ccccc1)c1ccccc1. The summed E-state index contributed by atoms with van der Waals surface area (Å²) in [5.74, 6) is 0. The Bertz CT molecular complexity index is 944. The van der Waals surface area contributed by atoms with Crippen LogP contribution in [0, 0.1) is 0 Å². The molecule has 0 amide bonds.